The standard InChI is InChI=1S/C16H10F3N3O2S/c17-16(18,19)24-12-5-1-4-11(8-12)21-14-13(25-15(23)22-14)7-10-3-2-6-20-9-10/h1-9H,(H,21,22,23)/b13-7-. The summed E-state index contributed by atoms with van der Waals surface area (Å²) in [6.07, 6.45) is 0.166. The lowest BCUT2D eigenvalue weighted by Gasteiger charge is -2.09. The van der Waals surface area contributed by atoms with E-state index < -0.39 is 6.36 Å². The van der Waals surface area contributed by atoms with Crippen LogP contribution in [0.3, 0.4) is 0 Å². The molecule has 128 valence electrons. The number of amides is 1. The zero-order chi connectivity index (χ0) is 17.9. The molecule has 0 atom stereocenters. The molecule has 5 nitrogen and oxygen atoms in total. The Balaban J connectivity index is 1.90. The van der Waals surface area contributed by atoms with Crippen LogP contribution in [0.2, 0.25) is 0 Å². The quantitative estimate of drug-likeness (QED) is 0.869. The van der Waals surface area contributed by atoms with Gasteiger partial charge in [0.05, 0.1) is 10.6 Å². The van der Waals surface area contributed by atoms with Gasteiger partial charge in [0.15, 0.2) is 0 Å². The molecule has 1 aliphatic rings. The first-order valence-corrected chi connectivity index (χ1v) is 7.76. The van der Waals surface area contributed by atoms with Crippen molar-refractivity contribution in [3.05, 3.63) is 59.3 Å². The summed E-state index contributed by atoms with van der Waals surface area (Å²) in [5, 5.41) is 2.24. The molecule has 9 heteroatoms. The topological polar surface area (TPSA) is 63.6 Å². The minimum absolute atomic E-state index is 0.219. The number of aromatic nitrogens is 1. The molecule has 0 unspecified atom stereocenters. The monoisotopic (exact) mass is 365 g/mol. The Morgan fingerprint density at radius 1 is 1.24 bits per heavy atom. The average Bonchev–Trinajstić information content (AvgIpc) is 2.86. The first-order valence-electron chi connectivity index (χ1n) is 6.94. The summed E-state index contributed by atoms with van der Waals surface area (Å²) in [4.78, 5) is 20.4. The number of carbonyl (C=O) groups is 1. The molecular formula is C16H10F3N3O2S. The normalized spacial score (nSPS) is 17.8. The lowest BCUT2D eigenvalue weighted by atomic mass is 10.2. The molecular weight excluding hydrogens is 355 g/mol. The van der Waals surface area contributed by atoms with E-state index in [9.17, 15) is 18.0 Å². The lowest BCUT2D eigenvalue weighted by Crippen LogP contribution is -2.18. The Morgan fingerprint density at radius 3 is 2.80 bits per heavy atom. The third-order valence-corrected chi connectivity index (χ3v) is 3.75. The van der Waals surface area contributed by atoms with Gasteiger partial charge in [-0.2, -0.15) is 0 Å². The van der Waals surface area contributed by atoms with Crippen molar-refractivity contribution in [1.29, 1.82) is 0 Å². The summed E-state index contributed by atoms with van der Waals surface area (Å²) in [7, 11) is 0. The van der Waals surface area contributed by atoms with Gasteiger partial charge in [-0.3, -0.25) is 9.78 Å². The van der Waals surface area contributed by atoms with Crippen LogP contribution >= 0.6 is 11.8 Å². The Morgan fingerprint density at radius 2 is 2.08 bits per heavy atom. The third-order valence-electron chi connectivity index (χ3n) is 2.93. The molecule has 0 bridgehead atoms. The number of thioether (sulfide) groups is 1. The Bertz CT molecular complexity index is 851. The van der Waals surface area contributed by atoms with E-state index in [0.29, 0.717) is 4.91 Å². The highest BCUT2D eigenvalue weighted by Crippen LogP contribution is 2.30. The molecule has 1 N–H and O–H groups in total. The van der Waals surface area contributed by atoms with Crippen LogP contribution in [-0.2, 0) is 0 Å². The Kier molecular flexibility index (Phi) is 4.75. The van der Waals surface area contributed by atoms with E-state index in [0.717, 1.165) is 23.4 Å². The van der Waals surface area contributed by atoms with E-state index in [1.165, 1.54) is 18.2 Å². The minimum atomic E-state index is -4.78. The van der Waals surface area contributed by atoms with Crippen molar-refractivity contribution in [2.24, 2.45) is 4.99 Å². The number of carbonyl (C=O) groups excluding carboxylic acids is 1. The molecule has 0 saturated carbocycles. The number of halogens is 3. The van der Waals surface area contributed by atoms with Crippen LogP contribution in [0.15, 0.2) is 58.7 Å². The fourth-order valence-electron chi connectivity index (χ4n) is 2.00. The van der Waals surface area contributed by atoms with Crippen molar-refractivity contribution in [2.45, 2.75) is 6.36 Å². The number of aliphatic imine (C=N–C) groups is 1. The van der Waals surface area contributed by atoms with Gasteiger partial charge < -0.3 is 10.1 Å². The van der Waals surface area contributed by atoms with Gasteiger partial charge >= 0.3 is 6.36 Å². The number of benzene rings is 1. The molecule has 0 radical (unpaired) electrons. The maximum atomic E-state index is 12.3. The number of ether oxygens (including phenoxy) is 1. The van der Waals surface area contributed by atoms with Crippen molar-refractivity contribution >= 4 is 34.6 Å². The molecule has 1 amide bonds. The number of rotatable bonds is 3. The first-order chi connectivity index (χ1) is 11.9. The highest BCUT2D eigenvalue weighted by Gasteiger charge is 2.31. The fraction of sp³-hybridized carbons (Fsp3) is 0.0625. The summed E-state index contributed by atoms with van der Waals surface area (Å²) in [5.41, 5.74) is 0.986. The number of pyridine rings is 1. The smallest absolute Gasteiger partial charge is 0.406 e. The lowest BCUT2D eigenvalue weighted by molar-refractivity contribution is -0.274. The minimum Gasteiger partial charge on any atom is -0.406 e. The second kappa shape index (κ2) is 6.98. The van der Waals surface area contributed by atoms with Crippen LogP contribution in [0.1, 0.15) is 5.56 Å². The van der Waals surface area contributed by atoms with Gasteiger partial charge in [-0.15, -0.1) is 13.2 Å². The van der Waals surface area contributed by atoms with Gasteiger partial charge in [0.2, 0.25) is 0 Å². The number of alkyl halides is 3. The molecule has 2 heterocycles. The maximum absolute atomic E-state index is 12.3. The van der Waals surface area contributed by atoms with E-state index in [1.807, 2.05) is 0 Å². The van der Waals surface area contributed by atoms with E-state index in [2.05, 4.69) is 20.0 Å². The Labute approximate surface area is 144 Å². The summed E-state index contributed by atoms with van der Waals surface area (Å²) in [5.74, 6) is -0.132. The van der Waals surface area contributed by atoms with Gasteiger partial charge in [-0.25, -0.2) is 4.99 Å². The second-order valence-electron chi connectivity index (χ2n) is 4.82. The summed E-state index contributed by atoms with van der Waals surface area (Å²) in [6, 6.07) is 8.75. The number of hydrogen-bond donors (Lipinski definition) is 1. The highest BCUT2D eigenvalue weighted by molar-refractivity contribution is 8.18. The fourth-order valence-corrected chi connectivity index (χ4v) is 2.74. The van der Waals surface area contributed by atoms with Crippen LogP contribution in [0.25, 0.3) is 6.08 Å². The average molecular weight is 365 g/mol. The Hall–Kier alpha value is -2.81. The first kappa shape index (κ1) is 17.0. The van der Waals surface area contributed by atoms with Crippen molar-refractivity contribution in [3.63, 3.8) is 0 Å². The predicted molar refractivity (Wildman–Crippen MR) is 88.6 cm³/mol. The number of nitrogens with zero attached hydrogens (tertiary/aromatic N) is 2. The molecule has 1 aromatic heterocycles. The predicted octanol–water partition coefficient (Wildman–Crippen LogP) is 4.51. The van der Waals surface area contributed by atoms with Crippen LogP contribution in [0.5, 0.6) is 5.75 Å². The molecule has 3 rings (SSSR count). The van der Waals surface area contributed by atoms with Gasteiger partial charge in [-0.05, 0) is 41.6 Å². The third kappa shape index (κ3) is 4.83. The highest BCUT2D eigenvalue weighted by atomic mass is 32.2. The maximum Gasteiger partial charge on any atom is 0.573 e. The van der Waals surface area contributed by atoms with Crippen LogP contribution < -0.4 is 10.1 Å². The van der Waals surface area contributed by atoms with Crippen LogP contribution in [0, 0.1) is 0 Å². The van der Waals surface area contributed by atoms with Crippen molar-refractivity contribution in [2.75, 3.05) is 0 Å². The van der Waals surface area contributed by atoms with Crippen LogP contribution in [0.4, 0.5) is 23.7 Å². The van der Waals surface area contributed by atoms with Crippen molar-refractivity contribution in [3.8, 4) is 5.75 Å². The number of nitrogens with one attached hydrogen (secondary N) is 1. The zero-order valence-corrected chi connectivity index (χ0v) is 13.3. The van der Waals surface area contributed by atoms with Crippen molar-refractivity contribution in [1.82, 2.24) is 10.3 Å². The SMILES string of the molecule is O=C1NC(=Nc2cccc(OC(F)(F)F)c2)/C(=C/c2cccnc2)S1. The summed E-state index contributed by atoms with van der Waals surface area (Å²) in [6.45, 7) is 0. The van der Waals surface area contributed by atoms with Crippen LogP contribution in [-0.4, -0.2) is 22.4 Å². The summed E-state index contributed by atoms with van der Waals surface area (Å²) < 4.78 is 40.8. The molecule has 1 aliphatic heterocycles. The molecule has 0 spiro atoms. The zero-order valence-electron chi connectivity index (χ0n) is 12.4. The molecule has 1 aromatic carbocycles. The van der Waals surface area contributed by atoms with Crippen molar-refractivity contribution < 1.29 is 22.7 Å². The molecule has 1 fully saturated rings. The largest absolute Gasteiger partial charge is 0.573 e. The van der Waals surface area contributed by atoms with Gasteiger partial charge in [0, 0.05) is 18.5 Å². The molecule has 2 aromatic rings. The van der Waals surface area contributed by atoms with E-state index in [4.69, 9.17) is 0 Å². The molecule has 0 aliphatic carbocycles. The number of amidine groups is 1. The van der Waals surface area contributed by atoms with E-state index in [-0.39, 0.29) is 22.5 Å². The summed E-state index contributed by atoms with van der Waals surface area (Å²) >= 11 is 0.943. The molecule has 25 heavy (non-hydrogen) atoms. The van der Waals surface area contributed by atoms with Gasteiger partial charge in [-0.1, -0.05) is 12.1 Å². The van der Waals surface area contributed by atoms with E-state index in [1.54, 1.807) is 30.6 Å². The van der Waals surface area contributed by atoms with Gasteiger partial charge in [0.1, 0.15) is 11.6 Å². The van der Waals surface area contributed by atoms with E-state index >= 15 is 0 Å². The molecule has 1 saturated heterocycles. The van der Waals surface area contributed by atoms with Gasteiger partial charge in [0.25, 0.3) is 5.24 Å². The second-order valence-corrected chi connectivity index (χ2v) is 5.83. The number of hydrogen-bond acceptors (Lipinski definition) is 5.